The third-order valence-corrected chi connectivity index (χ3v) is 3.63. The first-order valence-electron chi connectivity index (χ1n) is 5.79. The Labute approximate surface area is 122 Å². The molecule has 1 N–H and O–H groups in total. The fraction of sp³-hybridized carbons (Fsp3) is 0.364. The second kappa shape index (κ2) is 4.83. The van der Waals surface area contributed by atoms with Crippen molar-refractivity contribution in [3.63, 3.8) is 0 Å². The molecule has 7 nitrogen and oxygen atoms in total. The smallest absolute Gasteiger partial charge is 0.407 e. The van der Waals surface area contributed by atoms with Gasteiger partial charge in [0.2, 0.25) is 5.65 Å². The summed E-state index contributed by atoms with van der Waals surface area (Å²) in [5.41, 5.74) is 1.23. The monoisotopic (exact) mass is 374 g/mol. The van der Waals surface area contributed by atoms with Crippen LogP contribution in [0, 0.1) is 3.70 Å². The molecule has 0 bridgehead atoms. The number of rotatable bonds is 1. The molecule has 0 aromatic carbocycles. The highest BCUT2D eigenvalue weighted by atomic mass is 127. The average molecular weight is 374 g/mol. The summed E-state index contributed by atoms with van der Waals surface area (Å²) < 4.78 is 6.50. The number of nitrogens with zero attached hydrogens (tertiary/aromatic N) is 4. The molecule has 2 aromatic rings. The Kier molecular flexibility index (Phi) is 3.17. The summed E-state index contributed by atoms with van der Waals surface area (Å²) in [5, 5.41) is 8.90. The van der Waals surface area contributed by atoms with Crippen LogP contribution in [0.1, 0.15) is 0 Å². The van der Waals surface area contributed by atoms with Crippen molar-refractivity contribution in [2.45, 2.75) is 0 Å². The van der Waals surface area contributed by atoms with Crippen LogP contribution in [-0.4, -0.2) is 52.2 Å². The van der Waals surface area contributed by atoms with E-state index in [0.29, 0.717) is 43.4 Å². The SMILES string of the molecule is O=C(O)N1CCN(c2nc3nc(I)ccc3o2)CC1. The number of carboxylic acid groups (broad SMARTS) is 1. The number of pyridine rings is 1. The first kappa shape index (κ1) is 12.5. The van der Waals surface area contributed by atoms with E-state index in [4.69, 9.17) is 9.52 Å². The Morgan fingerprint density at radius 3 is 2.68 bits per heavy atom. The zero-order valence-electron chi connectivity index (χ0n) is 9.91. The van der Waals surface area contributed by atoms with Gasteiger partial charge in [0.1, 0.15) is 3.70 Å². The molecule has 8 heteroatoms. The Balaban J connectivity index is 1.80. The molecule has 0 aliphatic carbocycles. The molecule has 1 aliphatic rings. The topological polar surface area (TPSA) is 82.7 Å². The van der Waals surface area contributed by atoms with Gasteiger partial charge in [-0.2, -0.15) is 4.98 Å². The molecule has 3 rings (SSSR count). The maximum atomic E-state index is 10.8. The lowest BCUT2D eigenvalue weighted by Crippen LogP contribution is -2.48. The highest BCUT2D eigenvalue weighted by Crippen LogP contribution is 2.22. The number of hydrogen-bond donors (Lipinski definition) is 1. The molecule has 3 heterocycles. The van der Waals surface area contributed by atoms with Gasteiger partial charge in [0.05, 0.1) is 0 Å². The lowest BCUT2D eigenvalue weighted by atomic mass is 10.3. The molecule has 0 unspecified atom stereocenters. The summed E-state index contributed by atoms with van der Waals surface area (Å²) >= 11 is 2.12. The Morgan fingerprint density at radius 1 is 1.26 bits per heavy atom. The molecular formula is C11H11IN4O3. The largest absolute Gasteiger partial charge is 0.465 e. The number of halogens is 1. The van der Waals surface area contributed by atoms with Crippen LogP contribution in [-0.2, 0) is 0 Å². The second-order valence-electron chi connectivity index (χ2n) is 4.21. The number of oxazole rings is 1. The first-order chi connectivity index (χ1) is 9.13. The van der Waals surface area contributed by atoms with Gasteiger partial charge in [-0.3, -0.25) is 0 Å². The van der Waals surface area contributed by atoms with Crippen LogP contribution in [0.2, 0.25) is 0 Å². The number of anilines is 1. The van der Waals surface area contributed by atoms with Gasteiger partial charge in [-0.15, -0.1) is 0 Å². The van der Waals surface area contributed by atoms with Gasteiger partial charge in [-0.25, -0.2) is 9.78 Å². The van der Waals surface area contributed by atoms with Crippen molar-refractivity contribution in [1.29, 1.82) is 0 Å². The third kappa shape index (κ3) is 2.44. The van der Waals surface area contributed by atoms with Crippen molar-refractivity contribution in [3.05, 3.63) is 15.8 Å². The van der Waals surface area contributed by atoms with Gasteiger partial charge in [0, 0.05) is 26.2 Å². The Bertz CT molecular complexity index is 621. The number of amides is 1. The molecule has 100 valence electrons. The molecule has 1 amide bonds. The van der Waals surface area contributed by atoms with Crippen molar-refractivity contribution >= 4 is 45.9 Å². The number of fused-ring (bicyclic) bond motifs is 1. The third-order valence-electron chi connectivity index (χ3n) is 3.03. The number of piperazine rings is 1. The predicted octanol–water partition coefficient (Wildman–Crippen LogP) is 1.63. The zero-order chi connectivity index (χ0) is 13.4. The molecule has 19 heavy (non-hydrogen) atoms. The molecule has 1 saturated heterocycles. The van der Waals surface area contributed by atoms with Gasteiger partial charge >= 0.3 is 6.09 Å². The number of aromatic nitrogens is 2. The normalized spacial score (nSPS) is 16.1. The van der Waals surface area contributed by atoms with Gasteiger partial charge in [0.15, 0.2) is 5.58 Å². The van der Waals surface area contributed by atoms with E-state index in [9.17, 15) is 4.79 Å². The summed E-state index contributed by atoms with van der Waals surface area (Å²) in [4.78, 5) is 22.8. The van der Waals surface area contributed by atoms with Crippen molar-refractivity contribution in [2.75, 3.05) is 31.1 Å². The molecule has 0 spiro atoms. The minimum Gasteiger partial charge on any atom is -0.465 e. The standard InChI is InChI=1S/C11H11IN4O3/c12-8-2-1-7-9(13-8)14-10(19-7)15-3-5-16(6-4-15)11(17)18/h1-2H,3-6H2,(H,17,18). The summed E-state index contributed by atoms with van der Waals surface area (Å²) in [7, 11) is 0. The highest BCUT2D eigenvalue weighted by molar-refractivity contribution is 14.1. The van der Waals surface area contributed by atoms with Crippen LogP contribution in [0.4, 0.5) is 10.8 Å². The van der Waals surface area contributed by atoms with Crippen LogP contribution < -0.4 is 4.90 Å². The van der Waals surface area contributed by atoms with Crippen molar-refractivity contribution < 1.29 is 14.3 Å². The predicted molar refractivity (Wildman–Crippen MR) is 76.3 cm³/mol. The fourth-order valence-corrected chi connectivity index (χ4v) is 2.42. The Hall–Kier alpha value is -1.58. The van der Waals surface area contributed by atoms with E-state index >= 15 is 0 Å². The minimum absolute atomic E-state index is 0.457. The van der Waals surface area contributed by atoms with E-state index in [-0.39, 0.29) is 0 Å². The molecule has 0 radical (unpaired) electrons. The van der Waals surface area contributed by atoms with Gasteiger partial charge in [-0.1, -0.05) is 0 Å². The van der Waals surface area contributed by atoms with Crippen molar-refractivity contribution in [3.8, 4) is 0 Å². The number of carbonyl (C=O) groups is 1. The molecule has 1 aliphatic heterocycles. The van der Waals surface area contributed by atoms with Crippen LogP contribution in [0.3, 0.4) is 0 Å². The second-order valence-corrected chi connectivity index (χ2v) is 5.31. The van der Waals surface area contributed by atoms with E-state index in [1.54, 1.807) is 0 Å². The fourth-order valence-electron chi connectivity index (χ4n) is 2.01. The quantitative estimate of drug-likeness (QED) is 0.604. The minimum atomic E-state index is -0.881. The van der Waals surface area contributed by atoms with Crippen LogP contribution in [0.5, 0.6) is 0 Å². The van der Waals surface area contributed by atoms with Crippen LogP contribution >= 0.6 is 22.6 Å². The molecule has 2 aromatic heterocycles. The van der Waals surface area contributed by atoms with E-state index < -0.39 is 6.09 Å². The van der Waals surface area contributed by atoms with E-state index in [1.807, 2.05) is 17.0 Å². The summed E-state index contributed by atoms with van der Waals surface area (Å²) in [6, 6.07) is 4.21. The molecular weight excluding hydrogens is 363 g/mol. The zero-order valence-corrected chi connectivity index (χ0v) is 12.1. The van der Waals surface area contributed by atoms with Crippen molar-refractivity contribution in [2.24, 2.45) is 0 Å². The van der Waals surface area contributed by atoms with Crippen molar-refractivity contribution in [1.82, 2.24) is 14.9 Å². The highest BCUT2D eigenvalue weighted by Gasteiger charge is 2.23. The molecule has 0 atom stereocenters. The number of hydrogen-bond acceptors (Lipinski definition) is 5. The van der Waals surface area contributed by atoms with E-state index in [0.717, 1.165) is 3.70 Å². The summed E-state index contributed by atoms with van der Waals surface area (Å²) in [6.07, 6.45) is -0.881. The van der Waals surface area contributed by atoms with Crippen LogP contribution in [0.15, 0.2) is 16.5 Å². The molecule has 1 fully saturated rings. The Morgan fingerprint density at radius 2 is 2.00 bits per heavy atom. The first-order valence-corrected chi connectivity index (χ1v) is 6.87. The van der Waals surface area contributed by atoms with Gasteiger partial charge in [-0.05, 0) is 34.7 Å². The lowest BCUT2D eigenvalue weighted by molar-refractivity contribution is 0.142. The summed E-state index contributed by atoms with van der Waals surface area (Å²) in [6.45, 7) is 2.07. The van der Waals surface area contributed by atoms with Gasteiger partial charge < -0.3 is 19.3 Å². The lowest BCUT2D eigenvalue weighted by Gasteiger charge is -2.31. The van der Waals surface area contributed by atoms with E-state index in [1.165, 1.54) is 4.90 Å². The average Bonchev–Trinajstić information content (AvgIpc) is 2.81. The van der Waals surface area contributed by atoms with E-state index in [2.05, 4.69) is 32.6 Å². The maximum absolute atomic E-state index is 10.8. The van der Waals surface area contributed by atoms with Crippen LogP contribution in [0.25, 0.3) is 11.2 Å². The maximum Gasteiger partial charge on any atom is 0.407 e. The summed E-state index contributed by atoms with van der Waals surface area (Å²) in [5.74, 6) is 0. The molecule has 0 saturated carbocycles. The van der Waals surface area contributed by atoms with Gasteiger partial charge in [0.25, 0.3) is 6.01 Å².